The first-order chi connectivity index (χ1) is 13.7. The summed E-state index contributed by atoms with van der Waals surface area (Å²) in [5.74, 6) is 0.859. The number of methoxy groups -OCH3 is 1. The second-order valence-electron chi connectivity index (χ2n) is 7.10. The molecule has 1 fully saturated rings. The Bertz CT molecular complexity index is 793. The number of hydrogen-bond acceptors (Lipinski definition) is 3. The van der Waals surface area contributed by atoms with Gasteiger partial charge in [0.05, 0.1) is 7.11 Å². The van der Waals surface area contributed by atoms with Gasteiger partial charge in [0.2, 0.25) is 0 Å². The van der Waals surface area contributed by atoms with Gasteiger partial charge in [-0.2, -0.15) is 0 Å². The van der Waals surface area contributed by atoms with Gasteiger partial charge >= 0.3 is 6.09 Å². The second kappa shape index (κ2) is 10.0. The minimum atomic E-state index is -0.240. The number of guanidine groups is 1. The van der Waals surface area contributed by atoms with Gasteiger partial charge in [-0.05, 0) is 44.2 Å². The average Bonchev–Trinajstić information content (AvgIpc) is 3.14. The second-order valence-corrected chi connectivity index (χ2v) is 7.10. The quantitative estimate of drug-likeness (QED) is 0.406. The molecule has 1 saturated heterocycles. The SMILES string of the molecule is CCNC(=NCCCc1c[nH]c2ccccc12)NC1CCN(C(=O)OC)CC1. The molecule has 2 aromatic rings. The molecule has 3 rings (SSSR count). The van der Waals surface area contributed by atoms with E-state index in [0.717, 1.165) is 44.7 Å². The number of amides is 1. The largest absolute Gasteiger partial charge is 0.453 e. The zero-order chi connectivity index (χ0) is 19.8. The molecule has 0 spiro atoms. The minimum Gasteiger partial charge on any atom is -0.453 e. The van der Waals surface area contributed by atoms with Crippen molar-refractivity contribution >= 4 is 23.0 Å². The van der Waals surface area contributed by atoms with Crippen LogP contribution in [-0.4, -0.2) is 61.3 Å². The summed E-state index contributed by atoms with van der Waals surface area (Å²) >= 11 is 0. The van der Waals surface area contributed by atoms with Crippen molar-refractivity contribution in [3.8, 4) is 0 Å². The van der Waals surface area contributed by atoms with E-state index >= 15 is 0 Å². The van der Waals surface area contributed by atoms with Gasteiger partial charge in [0, 0.05) is 49.3 Å². The summed E-state index contributed by atoms with van der Waals surface area (Å²) in [6.07, 6.45) is 5.66. The van der Waals surface area contributed by atoms with Crippen LogP contribution in [0.4, 0.5) is 4.79 Å². The maximum Gasteiger partial charge on any atom is 0.409 e. The van der Waals surface area contributed by atoms with Crippen molar-refractivity contribution in [2.75, 3.05) is 33.3 Å². The average molecular weight is 386 g/mol. The Balaban J connectivity index is 1.47. The van der Waals surface area contributed by atoms with E-state index in [2.05, 4.69) is 53.0 Å². The summed E-state index contributed by atoms with van der Waals surface area (Å²) in [5.41, 5.74) is 2.54. The molecule has 0 unspecified atom stereocenters. The molecule has 0 radical (unpaired) electrons. The Morgan fingerprint density at radius 3 is 2.86 bits per heavy atom. The lowest BCUT2D eigenvalue weighted by molar-refractivity contribution is 0.111. The predicted octanol–water partition coefficient (Wildman–Crippen LogP) is 2.89. The molecule has 1 aliphatic heterocycles. The van der Waals surface area contributed by atoms with Gasteiger partial charge in [0.15, 0.2) is 5.96 Å². The Morgan fingerprint density at radius 1 is 1.32 bits per heavy atom. The zero-order valence-corrected chi connectivity index (χ0v) is 16.8. The number of carbonyl (C=O) groups is 1. The first-order valence-corrected chi connectivity index (χ1v) is 10.1. The van der Waals surface area contributed by atoms with E-state index in [9.17, 15) is 4.79 Å². The summed E-state index contributed by atoms with van der Waals surface area (Å²) in [7, 11) is 1.43. The van der Waals surface area contributed by atoms with Crippen LogP contribution in [0.1, 0.15) is 31.7 Å². The number of aryl methyl sites for hydroxylation is 1. The predicted molar refractivity (Wildman–Crippen MR) is 113 cm³/mol. The maximum absolute atomic E-state index is 11.6. The number of para-hydroxylation sites is 1. The zero-order valence-electron chi connectivity index (χ0n) is 16.8. The Morgan fingerprint density at radius 2 is 2.11 bits per heavy atom. The lowest BCUT2D eigenvalue weighted by Crippen LogP contribution is -2.49. The fourth-order valence-corrected chi connectivity index (χ4v) is 3.65. The monoisotopic (exact) mass is 385 g/mol. The molecule has 3 N–H and O–H groups in total. The third kappa shape index (κ3) is 5.18. The smallest absolute Gasteiger partial charge is 0.409 e. The summed E-state index contributed by atoms with van der Waals surface area (Å²) in [5, 5.41) is 8.14. The van der Waals surface area contributed by atoms with Gasteiger partial charge in [-0.3, -0.25) is 4.99 Å². The van der Waals surface area contributed by atoms with Crippen LogP contribution >= 0.6 is 0 Å². The van der Waals surface area contributed by atoms with Crippen LogP contribution in [0, 0.1) is 0 Å². The van der Waals surface area contributed by atoms with Crippen molar-refractivity contribution in [3.05, 3.63) is 36.0 Å². The van der Waals surface area contributed by atoms with Crippen molar-refractivity contribution in [2.45, 2.75) is 38.6 Å². The number of aromatic nitrogens is 1. The van der Waals surface area contributed by atoms with Gasteiger partial charge in [-0.25, -0.2) is 4.79 Å². The van der Waals surface area contributed by atoms with E-state index in [1.165, 1.54) is 23.6 Å². The highest BCUT2D eigenvalue weighted by Crippen LogP contribution is 2.19. The molecule has 2 heterocycles. The van der Waals surface area contributed by atoms with Gasteiger partial charge in [-0.15, -0.1) is 0 Å². The summed E-state index contributed by atoms with van der Waals surface area (Å²) in [6.45, 7) is 5.10. The third-order valence-corrected chi connectivity index (χ3v) is 5.16. The Hall–Kier alpha value is -2.70. The van der Waals surface area contributed by atoms with E-state index in [1.54, 1.807) is 4.90 Å². The minimum absolute atomic E-state index is 0.240. The van der Waals surface area contributed by atoms with Crippen molar-refractivity contribution < 1.29 is 9.53 Å². The van der Waals surface area contributed by atoms with Gasteiger partial charge in [-0.1, -0.05) is 18.2 Å². The number of ether oxygens (including phenoxy) is 1. The molecule has 28 heavy (non-hydrogen) atoms. The number of rotatable bonds is 6. The highest BCUT2D eigenvalue weighted by Gasteiger charge is 2.23. The molecule has 7 heteroatoms. The Kier molecular flexibility index (Phi) is 7.17. The summed E-state index contributed by atoms with van der Waals surface area (Å²) < 4.78 is 4.80. The molecule has 152 valence electrons. The topological polar surface area (TPSA) is 81.8 Å². The molecule has 0 saturated carbocycles. The molecular weight excluding hydrogens is 354 g/mol. The first kappa shape index (κ1) is 20.0. The molecule has 0 aliphatic carbocycles. The summed E-state index contributed by atoms with van der Waals surface area (Å²) in [4.78, 5) is 21.4. The van der Waals surface area contributed by atoms with Crippen LogP contribution in [-0.2, 0) is 11.2 Å². The number of nitrogens with zero attached hydrogens (tertiary/aromatic N) is 2. The molecule has 1 amide bonds. The molecule has 1 aromatic heterocycles. The lowest BCUT2D eigenvalue weighted by atomic mass is 10.1. The standard InChI is InChI=1S/C21H31N5O2/c1-3-22-20(25-17-10-13-26(14-11-17)21(27)28-2)23-12-6-7-16-15-24-19-9-5-4-8-18(16)19/h4-5,8-9,15,17,24H,3,6-7,10-14H2,1-2H3,(H2,22,23,25). The molecule has 0 bridgehead atoms. The van der Waals surface area contributed by atoms with Crippen LogP contribution in [0.2, 0.25) is 0 Å². The lowest BCUT2D eigenvalue weighted by Gasteiger charge is -2.32. The highest BCUT2D eigenvalue weighted by molar-refractivity contribution is 5.83. The number of H-pyrrole nitrogens is 1. The molecular formula is C21H31N5O2. The number of aromatic amines is 1. The van der Waals surface area contributed by atoms with E-state index < -0.39 is 0 Å². The normalized spacial score (nSPS) is 15.6. The first-order valence-electron chi connectivity index (χ1n) is 10.1. The fourth-order valence-electron chi connectivity index (χ4n) is 3.65. The number of carbonyl (C=O) groups excluding carboxylic acids is 1. The maximum atomic E-state index is 11.6. The van der Waals surface area contributed by atoms with Crippen LogP contribution in [0.3, 0.4) is 0 Å². The highest BCUT2D eigenvalue weighted by atomic mass is 16.5. The molecule has 0 atom stereocenters. The van der Waals surface area contributed by atoms with Gasteiger partial charge in [0.1, 0.15) is 0 Å². The van der Waals surface area contributed by atoms with Crippen LogP contribution in [0.25, 0.3) is 10.9 Å². The number of fused-ring (bicyclic) bond motifs is 1. The Labute approximate surface area is 166 Å². The van der Waals surface area contributed by atoms with Crippen LogP contribution in [0.15, 0.2) is 35.5 Å². The van der Waals surface area contributed by atoms with Gasteiger partial charge in [0.25, 0.3) is 0 Å². The molecule has 7 nitrogen and oxygen atoms in total. The number of piperidine rings is 1. The number of aliphatic imine (C=N–C) groups is 1. The van der Waals surface area contributed by atoms with E-state index in [1.807, 2.05) is 0 Å². The molecule has 1 aliphatic rings. The van der Waals surface area contributed by atoms with Crippen molar-refractivity contribution in [3.63, 3.8) is 0 Å². The third-order valence-electron chi connectivity index (χ3n) is 5.16. The van der Waals surface area contributed by atoms with E-state index in [4.69, 9.17) is 9.73 Å². The van der Waals surface area contributed by atoms with E-state index in [-0.39, 0.29) is 6.09 Å². The van der Waals surface area contributed by atoms with Crippen LogP contribution < -0.4 is 10.6 Å². The van der Waals surface area contributed by atoms with Crippen LogP contribution in [0.5, 0.6) is 0 Å². The number of hydrogen-bond donors (Lipinski definition) is 3. The van der Waals surface area contributed by atoms with Crippen molar-refractivity contribution in [1.29, 1.82) is 0 Å². The van der Waals surface area contributed by atoms with Gasteiger partial charge < -0.3 is 25.3 Å². The molecule has 1 aromatic carbocycles. The fraction of sp³-hybridized carbons (Fsp3) is 0.524. The van der Waals surface area contributed by atoms with E-state index in [0.29, 0.717) is 19.1 Å². The number of nitrogens with one attached hydrogen (secondary N) is 3. The van der Waals surface area contributed by atoms with Crippen molar-refractivity contribution in [1.82, 2.24) is 20.5 Å². The summed E-state index contributed by atoms with van der Waals surface area (Å²) in [6, 6.07) is 8.73. The van der Waals surface area contributed by atoms with Crippen molar-refractivity contribution in [2.24, 2.45) is 4.99 Å². The number of benzene rings is 1. The number of likely N-dealkylation sites (tertiary alicyclic amines) is 1.